The third-order valence-electron chi connectivity index (χ3n) is 3.10. The highest BCUT2D eigenvalue weighted by Gasteiger charge is 2.37. The smallest absolute Gasteiger partial charge is 0.417 e. The monoisotopic (exact) mass is 351 g/mol. The average Bonchev–Trinajstić information content (AvgIpc) is 2.39. The number of nitrogens with two attached hydrogens (primary N) is 2. The molecular formula is C14H17F4N3O3. The molecular weight excluding hydrogens is 334 g/mol. The quantitative estimate of drug-likeness (QED) is 0.285. The molecule has 0 radical (unpaired) electrons. The van der Waals surface area contributed by atoms with Crippen LogP contribution in [0.25, 0.3) is 0 Å². The van der Waals surface area contributed by atoms with Crippen LogP contribution in [0.4, 0.5) is 17.6 Å². The Bertz CT molecular complexity index is 643. The van der Waals surface area contributed by atoms with Gasteiger partial charge in [-0.3, -0.25) is 15.0 Å². The van der Waals surface area contributed by atoms with Crippen LogP contribution in [-0.4, -0.2) is 23.3 Å². The van der Waals surface area contributed by atoms with Gasteiger partial charge in [0.15, 0.2) is 0 Å². The number of primary amides is 1. The molecule has 0 heterocycles. The molecule has 0 unspecified atom stereocenters. The molecule has 0 fully saturated rings. The van der Waals surface area contributed by atoms with Crippen molar-refractivity contribution >= 4 is 18.2 Å². The Labute approximate surface area is 135 Å². The number of nitrogen functional groups attached to an aromatic ring is 1. The summed E-state index contributed by atoms with van der Waals surface area (Å²) < 4.78 is 52.6. The van der Waals surface area contributed by atoms with Crippen molar-refractivity contribution in [3.63, 3.8) is 0 Å². The van der Waals surface area contributed by atoms with Crippen molar-refractivity contribution in [2.24, 2.45) is 16.9 Å². The molecule has 0 spiro atoms. The van der Waals surface area contributed by atoms with Gasteiger partial charge in [0.2, 0.25) is 5.91 Å². The fraction of sp³-hybridized carbons (Fsp3) is 0.357. The lowest BCUT2D eigenvalue weighted by Gasteiger charge is -2.22. The van der Waals surface area contributed by atoms with Crippen LogP contribution >= 0.6 is 0 Å². The minimum atomic E-state index is -4.83. The van der Waals surface area contributed by atoms with Crippen LogP contribution in [0.2, 0.25) is 0 Å². The van der Waals surface area contributed by atoms with Crippen LogP contribution in [0.3, 0.4) is 0 Å². The molecule has 0 bridgehead atoms. The van der Waals surface area contributed by atoms with Crippen molar-refractivity contribution in [2.45, 2.75) is 26.4 Å². The SMILES string of the molecule is CC(C)(Cc1ccc(C(F)(F)F)c(C(=N)N)c1F)C(N)=O.O=CO. The van der Waals surface area contributed by atoms with Gasteiger partial charge in [-0.15, -0.1) is 0 Å². The van der Waals surface area contributed by atoms with Crippen molar-refractivity contribution < 1.29 is 32.3 Å². The van der Waals surface area contributed by atoms with Gasteiger partial charge < -0.3 is 16.6 Å². The highest BCUT2D eigenvalue weighted by molar-refractivity contribution is 5.97. The number of carbonyl (C=O) groups is 2. The first-order valence-corrected chi connectivity index (χ1v) is 6.40. The van der Waals surface area contributed by atoms with Gasteiger partial charge in [0.05, 0.1) is 11.1 Å². The number of nitrogens with one attached hydrogen (secondary N) is 1. The number of hydrogen-bond acceptors (Lipinski definition) is 3. The van der Waals surface area contributed by atoms with E-state index in [4.69, 9.17) is 26.8 Å². The molecule has 134 valence electrons. The summed E-state index contributed by atoms with van der Waals surface area (Å²) in [7, 11) is 0. The number of amides is 1. The summed E-state index contributed by atoms with van der Waals surface area (Å²) in [6.45, 7) is 2.64. The van der Waals surface area contributed by atoms with Gasteiger partial charge in [-0.2, -0.15) is 13.2 Å². The van der Waals surface area contributed by atoms with Crippen molar-refractivity contribution in [1.29, 1.82) is 5.41 Å². The molecule has 24 heavy (non-hydrogen) atoms. The van der Waals surface area contributed by atoms with Crippen molar-refractivity contribution in [2.75, 3.05) is 0 Å². The molecule has 10 heteroatoms. The minimum Gasteiger partial charge on any atom is -0.483 e. The maximum Gasteiger partial charge on any atom is 0.417 e. The zero-order valence-electron chi connectivity index (χ0n) is 12.9. The molecule has 1 aromatic rings. The average molecular weight is 351 g/mol. The Hall–Kier alpha value is -2.65. The highest BCUT2D eigenvalue weighted by atomic mass is 19.4. The van der Waals surface area contributed by atoms with E-state index in [1.165, 1.54) is 13.8 Å². The van der Waals surface area contributed by atoms with Gasteiger partial charge >= 0.3 is 6.18 Å². The number of hydrogen-bond donors (Lipinski definition) is 4. The maximum absolute atomic E-state index is 14.2. The van der Waals surface area contributed by atoms with E-state index in [1.807, 2.05) is 0 Å². The molecule has 1 amide bonds. The standard InChI is InChI=1S/C13H15F4N3O.CH2O2/c1-12(2,11(20)21)5-6-3-4-7(13(15,16)17)8(9(6)14)10(18)19;2-1-3/h3-4H,5H2,1-2H3,(H3,18,19)(H2,20,21);1H,(H,2,3). The van der Waals surface area contributed by atoms with E-state index in [0.29, 0.717) is 6.07 Å². The second kappa shape index (κ2) is 7.75. The first-order chi connectivity index (χ1) is 10.8. The molecule has 0 saturated heterocycles. The van der Waals surface area contributed by atoms with Crippen LogP contribution in [0.15, 0.2) is 12.1 Å². The number of amidine groups is 1. The van der Waals surface area contributed by atoms with E-state index in [9.17, 15) is 22.4 Å². The molecule has 0 atom stereocenters. The summed E-state index contributed by atoms with van der Waals surface area (Å²) in [5.41, 5.74) is 6.57. The second-order valence-corrected chi connectivity index (χ2v) is 5.40. The number of alkyl halides is 3. The highest BCUT2D eigenvalue weighted by Crippen LogP contribution is 2.35. The molecule has 1 rings (SSSR count). The molecule has 0 aliphatic rings. The van der Waals surface area contributed by atoms with Gasteiger partial charge in [0, 0.05) is 5.41 Å². The molecule has 1 aromatic carbocycles. The summed E-state index contributed by atoms with van der Waals surface area (Å²) in [4.78, 5) is 19.6. The molecule has 0 saturated carbocycles. The Morgan fingerprint density at radius 1 is 1.29 bits per heavy atom. The summed E-state index contributed by atoms with van der Waals surface area (Å²) in [5, 5.41) is 14.0. The zero-order chi connectivity index (χ0) is 19.3. The number of benzene rings is 1. The van der Waals surface area contributed by atoms with E-state index in [1.54, 1.807) is 0 Å². The van der Waals surface area contributed by atoms with Gasteiger partial charge in [-0.1, -0.05) is 19.9 Å². The van der Waals surface area contributed by atoms with Crippen molar-refractivity contribution in [1.82, 2.24) is 0 Å². The zero-order valence-corrected chi connectivity index (χ0v) is 12.9. The number of halogens is 4. The number of carboxylic acid groups (broad SMARTS) is 1. The molecule has 0 aromatic heterocycles. The van der Waals surface area contributed by atoms with Gasteiger partial charge in [0.1, 0.15) is 11.7 Å². The minimum absolute atomic E-state index is 0.156. The lowest BCUT2D eigenvalue weighted by Crippen LogP contribution is -2.34. The summed E-state index contributed by atoms with van der Waals surface area (Å²) >= 11 is 0. The first kappa shape index (κ1) is 21.4. The van der Waals surface area contributed by atoms with E-state index in [0.717, 1.165) is 6.07 Å². The third kappa shape index (κ3) is 5.21. The normalized spacial score (nSPS) is 11.2. The predicted molar refractivity (Wildman–Crippen MR) is 77.8 cm³/mol. The molecule has 0 aliphatic heterocycles. The lowest BCUT2D eigenvalue weighted by atomic mass is 9.84. The Kier molecular flexibility index (Phi) is 6.90. The van der Waals surface area contributed by atoms with Crippen LogP contribution in [0.1, 0.15) is 30.5 Å². The predicted octanol–water partition coefficient (Wildman–Crippen LogP) is 1.88. The van der Waals surface area contributed by atoms with E-state index >= 15 is 0 Å². The third-order valence-corrected chi connectivity index (χ3v) is 3.10. The van der Waals surface area contributed by atoms with E-state index < -0.39 is 40.3 Å². The van der Waals surface area contributed by atoms with Crippen LogP contribution < -0.4 is 11.5 Å². The first-order valence-electron chi connectivity index (χ1n) is 6.40. The molecule has 6 nitrogen and oxygen atoms in total. The number of carbonyl (C=O) groups excluding carboxylic acids is 1. The largest absolute Gasteiger partial charge is 0.483 e. The van der Waals surface area contributed by atoms with Crippen LogP contribution in [-0.2, 0) is 22.2 Å². The van der Waals surface area contributed by atoms with Crippen molar-refractivity contribution in [3.05, 3.63) is 34.6 Å². The molecule has 0 aliphatic carbocycles. The second-order valence-electron chi connectivity index (χ2n) is 5.40. The van der Waals surface area contributed by atoms with Gasteiger partial charge in [-0.25, -0.2) is 4.39 Å². The van der Waals surface area contributed by atoms with Gasteiger partial charge in [-0.05, 0) is 18.1 Å². The lowest BCUT2D eigenvalue weighted by molar-refractivity contribution is -0.138. The molecule has 6 N–H and O–H groups in total. The Balaban J connectivity index is 0.00000163. The number of rotatable bonds is 4. The van der Waals surface area contributed by atoms with Crippen LogP contribution in [0.5, 0.6) is 0 Å². The summed E-state index contributed by atoms with van der Waals surface area (Å²) in [6, 6.07) is 1.57. The van der Waals surface area contributed by atoms with Crippen molar-refractivity contribution in [3.8, 4) is 0 Å². The maximum atomic E-state index is 14.2. The Morgan fingerprint density at radius 2 is 1.75 bits per heavy atom. The fourth-order valence-electron chi connectivity index (χ4n) is 1.82. The Morgan fingerprint density at radius 3 is 2.08 bits per heavy atom. The van der Waals surface area contributed by atoms with E-state index in [2.05, 4.69) is 0 Å². The van der Waals surface area contributed by atoms with Crippen LogP contribution in [0, 0.1) is 16.6 Å². The van der Waals surface area contributed by atoms with E-state index in [-0.39, 0.29) is 18.5 Å². The summed E-state index contributed by atoms with van der Waals surface area (Å²) in [5.74, 6) is -3.00. The van der Waals surface area contributed by atoms with Gasteiger partial charge in [0.25, 0.3) is 6.47 Å². The fourth-order valence-corrected chi connectivity index (χ4v) is 1.82. The topological polar surface area (TPSA) is 130 Å². The summed E-state index contributed by atoms with van der Waals surface area (Å²) in [6.07, 6.45) is -5.04.